The second kappa shape index (κ2) is 5.95. The van der Waals surface area contributed by atoms with Crippen LogP contribution in [0.3, 0.4) is 0 Å². The number of hydrogen-bond donors (Lipinski definition) is 3. The van der Waals surface area contributed by atoms with E-state index in [2.05, 4.69) is 17.6 Å². The minimum absolute atomic E-state index is 0.0354. The third kappa shape index (κ3) is 4.51. The van der Waals surface area contributed by atoms with E-state index >= 15 is 0 Å². The van der Waals surface area contributed by atoms with E-state index in [0.29, 0.717) is 5.41 Å². The van der Waals surface area contributed by atoms with Gasteiger partial charge in [-0.25, -0.2) is 4.79 Å². The van der Waals surface area contributed by atoms with Crippen molar-refractivity contribution < 1.29 is 4.79 Å². The van der Waals surface area contributed by atoms with Crippen LogP contribution < -0.4 is 16.4 Å². The molecule has 0 spiro atoms. The number of carbonyl (C=O) groups is 1. The molecule has 0 aromatic heterocycles. The summed E-state index contributed by atoms with van der Waals surface area (Å²) in [5.41, 5.74) is 5.86. The molecule has 0 aromatic rings. The van der Waals surface area contributed by atoms with Crippen molar-refractivity contribution >= 4 is 6.03 Å². The van der Waals surface area contributed by atoms with Crippen molar-refractivity contribution in [3.05, 3.63) is 0 Å². The van der Waals surface area contributed by atoms with Gasteiger partial charge in [-0.05, 0) is 37.6 Å². The van der Waals surface area contributed by atoms with Gasteiger partial charge in [0.25, 0.3) is 0 Å². The molecule has 4 N–H and O–H groups in total. The van der Waals surface area contributed by atoms with Crippen LogP contribution in [-0.4, -0.2) is 25.7 Å². The van der Waals surface area contributed by atoms with Crippen molar-refractivity contribution in [2.45, 2.75) is 39.0 Å². The molecule has 88 valence electrons. The molecule has 0 aliphatic heterocycles. The summed E-state index contributed by atoms with van der Waals surface area (Å²) in [5.74, 6) is 0. The van der Waals surface area contributed by atoms with Crippen molar-refractivity contribution in [1.29, 1.82) is 0 Å². The molecular weight excluding hydrogens is 190 g/mol. The summed E-state index contributed by atoms with van der Waals surface area (Å²) in [6.45, 7) is 4.38. The van der Waals surface area contributed by atoms with Crippen molar-refractivity contribution in [3.8, 4) is 0 Å². The molecule has 0 heterocycles. The van der Waals surface area contributed by atoms with Gasteiger partial charge in [-0.3, -0.25) is 0 Å². The molecule has 0 bridgehead atoms. The lowest BCUT2D eigenvalue weighted by Gasteiger charge is -2.15. The predicted octanol–water partition coefficient (Wildman–Crippen LogP) is 1.21. The lowest BCUT2D eigenvalue weighted by Crippen LogP contribution is -2.39. The average molecular weight is 213 g/mol. The van der Waals surface area contributed by atoms with Crippen LogP contribution in [0.5, 0.6) is 0 Å². The molecule has 0 aromatic carbocycles. The summed E-state index contributed by atoms with van der Waals surface area (Å²) in [5, 5.41) is 5.77. The Morgan fingerprint density at radius 1 is 1.40 bits per heavy atom. The Kier molecular flexibility index (Phi) is 4.88. The zero-order valence-corrected chi connectivity index (χ0v) is 9.64. The van der Waals surface area contributed by atoms with E-state index in [1.807, 2.05) is 0 Å². The average Bonchev–Trinajstić information content (AvgIpc) is 2.97. The zero-order valence-electron chi connectivity index (χ0n) is 9.64. The van der Waals surface area contributed by atoms with Crippen LogP contribution in [0.4, 0.5) is 4.79 Å². The zero-order chi connectivity index (χ0) is 11.1. The van der Waals surface area contributed by atoms with E-state index in [0.717, 1.165) is 38.9 Å². The Balaban J connectivity index is 2.06. The van der Waals surface area contributed by atoms with Gasteiger partial charge in [-0.2, -0.15) is 0 Å². The lowest BCUT2D eigenvalue weighted by molar-refractivity contribution is 0.237. The van der Waals surface area contributed by atoms with Gasteiger partial charge in [-0.15, -0.1) is 0 Å². The number of rotatable bonds is 7. The standard InChI is InChI=1S/C11H23N3O/c1-2-3-8-13-10(15)14-9-11(4-5-11)6-7-12/h2-9,12H2,1H3,(H2,13,14,15). The maximum atomic E-state index is 11.3. The van der Waals surface area contributed by atoms with Gasteiger partial charge in [0, 0.05) is 13.1 Å². The van der Waals surface area contributed by atoms with Crippen LogP contribution in [0, 0.1) is 5.41 Å². The maximum Gasteiger partial charge on any atom is 0.314 e. The van der Waals surface area contributed by atoms with Gasteiger partial charge in [0.1, 0.15) is 0 Å². The second-order valence-electron chi connectivity index (χ2n) is 4.50. The summed E-state index contributed by atoms with van der Waals surface area (Å²) in [7, 11) is 0. The SMILES string of the molecule is CCCCNC(=O)NCC1(CCN)CC1. The van der Waals surface area contributed by atoms with E-state index < -0.39 is 0 Å². The number of carbonyl (C=O) groups excluding carboxylic acids is 1. The fraction of sp³-hybridized carbons (Fsp3) is 0.909. The number of hydrogen-bond acceptors (Lipinski definition) is 2. The number of urea groups is 1. The number of amides is 2. The lowest BCUT2D eigenvalue weighted by atomic mass is 10.0. The van der Waals surface area contributed by atoms with Gasteiger partial charge in [0.2, 0.25) is 0 Å². The summed E-state index contributed by atoms with van der Waals surface area (Å²) in [6, 6.07) is -0.0354. The normalized spacial score (nSPS) is 17.2. The molecule has 1 fully saturated rings. The van der Waals surface area contributed by atoms with Gasteiger partial charge in [0.15, 0.2) is 0 Å². The van der Waals surface area contributed by atoms with Gasteiger partial charge >= 0.3 is 6.03 Å². The second-order valence-corrected chi connectivity index (χ2v) is 4.50. The summed E-state index contributed by atoms with van der Waals surface area (Å²) in [6.07, 6.45) is 5.60. The summed E-state index contributed by atoms with van der Waals surface area (Å²) in [4.78, 5) is 11.3. The number of unbranched alkanes of at least 4 members (excludes halogenated alkanes) is 1. The highest BCUT2D eigenvalue weighted by Gasteiger charge is 2.41. The third-order valence-electron chi connectivity index (χ3n) is 3.07. The molecular formula is C11H23N3O. The summed E-state index contributed by atoms with van der Waals surface area (Å²) < 4.78 is 0. The molecule has 1 rings (SSSR count). The van der Waals surface area contributed by atoms with Crippen molar-refractivity contribution in [2.75, 3.05) is 19.6 Å². The van der Waals surface area contributed by atoms with E-state index in [1.54, 1.807) is 0 Å². The number of nitrogens with two attached hydrogens (primary N) is 1. The quantitative estimate of drug-likeness (QED) is 0.557. The molecule has 0 saturated heterocycles. The van der Waals surface area contributed by atoms with E-state index in [-0.39, 0.29) is 6.03 Å². The molecule has 0 unspecified atom stereocenters. The minimum atomic E-state index is -0.0354. The van der Waals surface area contributed by atoms with E-state index in [1.165, 1.54) is 12.8 Å². The monoisotopic (exact) mass is 213 g/mol. The van der Waals surface area contributed by atoms with E-state index in [9.17, 15) is 4.79 Å². The fourth-order valence-corrected chi connectivity index (χ4v) is 1.71. The highest BCUT2D eigenvalue weighted by Crippen LogP contribution is 2.47. The van der Waals surface area contributed by atoms with Crippen LogP contribution in [-0.2, 0) is 0 Å². The summed E-state index contributed by atoms with van der Waals surface area (Å²) >= 11 is 0. The first-order valence-electron chi connectivity index (χ1n) is 5.94. The van der Waals surface area contributed by atoms with Crippen LogP contribution in [0.25, 0.3) is 0 Å². The molecule has 4 nitrogen and oxygen atoms in total. The molecule has 2 amide bonds. The van der Waals surface area contributed by atoms with E-state index in [4.69, 9.17) is 5.73 Å². The van der Waals surface area contributed by atoms with Crippen molar-refractivity contribution in [3.63, 3.8) is 0 Å². The van der Waals surface area contributed by atoms with Crippen molar-refractivity contribution in [2.24, 2.45) is 11.1 Å². The largest absolute Gasteiger partial charge is 0.338 e. The Morgan fingerprint density at radius 2 is 2.13 bits per heavy atom. The topological polar surface area (TPSA) is 67.2 Å². The van der Waals surface area contributed by atoms with Gasteiger partial charge in [0.05, 0.1) is 0 Å². The molecule has 15 heavy (non-hydrogen) atoms. The smallest absolute Gasteiger partial charge is 0.314 e. The molecule has 1 aliphatic carbocycles. The van der Waals surface area contributed by atoms with Gasteiger partial charge < -0.3 is 16.4 Å². The van der Waals surface area contributed by atoms with Crippen LogP contribution in [0.15, 0.2) is 0 Å². The predicted molar refractivity (Wildman–Crippen MR) is 61.6 cm³/mol. The van der Waals surface area contributed by atoms with Crippen molar-refractivity contribution in [1.82, 2.24) is 10.6 Å². The maximum absolute atomic E-state index is 11.3. The minimum Gasteiger partial charge on any atom is -0.338 e. The van der Waals surface area contributed by atoms with Crippen LogP contribution in [0.1, 0.15) is 39.0 Å². The highest BCUT2D eigenvalue weighted by atomic mass is 16.2. The highest BCUT2D eigenvalue weighted by molar-refractivity contribution is 5.73. The Morgan fingerprint density at radius 3 is 2.67 bits per heavy atom. The first kappa shape index (κ1) is 12.3. The molecule has 0 radical (unpaired) electrons. The first-order valence-corrected chi connectivity index (χ1v) is 5.94. The molecule has 1 aliphatic rings. The fourth-order valence-electron chi connectivity index (χ4n) is 1.71. The third-order valence-corrected chi connectivity index (χ3v) is 3.07. The molecule has 0 atom stereocenters. The molecule has 1 saturated carbocycles. The van der Waals surface area contributed by atoms with Crippen LogP contribution >= 0.6 is 0 Å². The first-order chi connectivity index (χ1) is 7.22. The Bertz CT molecular complexity index is 202. The molecule has 4 heteroatoms. The van der Waals surface area contributed by atoms with Crippen LogP contribution in [0.2, 0.25) is 0 Å². The number of nitrogens with one attached hydrogen (secondary N) is 2. The van der Waals surface area contributed by atoms with Gasteiger partial charge in [-0.1, -0.05) is 13.3 Å². The Labute approximate surface area is 92.0 Å². The Hall–Kier alpha value is -0.770.